The third-order valence-corrected chi connectivity index (χ3v) is 6.30. The number of rotatable bonds is 4. The molecule has 3 rings (SSSR count). The fourth-order valence-corrected chi connectivity index (χ4v) is 5.19. The summed E-state index contributed by atoms with van der Waals surface area (Å²) in [6.45, 7) is 5.79. The van der Waals surface area contributed by atoms with Gasteiger partial charge in [0.2, 0.25) is 0 Å². The molecule has 0 amide bonds. The van der Waals surface area contributed by atoms with Crippen molar-refractivity contribution in [1.29, 1.82) is 0 Å². The predicted octanol–water partition coefficient (Wildman–Crippen LogP) is 4.04. The van der Waals surface area contributed by atoms with Crippen LogP contribution < -0.4 is 5.32 Å². The molecule has 1 aromatic heterocycles. The maximum absolute atomic E-state index is 5.06. The molecule has 0 radical (unpaired) electrons. The highest BCUT2D eigenvalue weighted by atomic mass is 32.1. The molecule has 2 aliphatic rings. The van der Waals surface area contributed by atoms with E-state index in [-0.39, 0.29) is 5.54 Å². The number of aromatic nitrogens is 1. The SMILES string of the molecule is CCCNC1(c2nc3c(s2)CCCC3)CCCC1C. The largest absolute Gasteiger partial charge is 0.305 e. The van der Waals surface area contributed by atoms with Crippen molar-refractivity contribution in [2.24, 2.45) is 5.92 Å². The van der Waals surface area contributed by atoms with E-state index in [4.69, 9.17) is 4.98 Å². The van der Waals surface area contributed by atoms with Gasteiger partial charge in [-0.15, -0.1) is 11.3 Å². The van der Waals surface area contributed by atoms with Gasteiger partial charge in [-0.25, -0.2) is 4.98 Å². The molecule has 19 heavy (non-hydrogen) atoms. The molecule has 0 aromatic carbocycles. The van der Waals surface area contributed by atoms with Crippen molar-refractivity contribution in [3.8, 4) is 0 Å². The van der Waals surface area contributed by atoms with E-state index in [0.29, 0.717) is 0 Å². The summed E-state index contributed by atoms with van der Waals surface area (Å²) in [5, 5.41) is 5.27. The van der Waals surface area contributed by atoms with Gasteiger partial charge >= 0.3 is 0 Å². The second kappa shape index (κ2) is 5.53. The minimum Gasteiger partial charge on any atom is -0.305 e. The number of hydrogen-bond donors (Lipinski definition) is 1. The first kappa shape index (κ1) is 13.6. The summed E-state index contributed by atoms with van der Waals surface area (Å²) in [5.74, 6) is 0.728. The number of nitrogens with zero attached hydrogens (tertiary/aromatic N) is 1. The molecule has 2 nitrogen and oxygen atoms in total. The standard InChI is InChI=1S/C16H26N2S/c1-3-11-17-16(10-6-7-12(16)2)15-18-13-8-4-5-9-14(13)19-15/h12,17H,3-11H2,1-2H3. The highest BCUT2D eigenvalue weighted by Gasteiger charge is 2.44. The minimum atomic E-state index is 0.192. The number of aryl methyl sites for hydroxylation is 2. The van der Waals surface area contributed by atoms with E-state index in [0.717, 1.165) is 12.5 Å². The lowest BCUT2D eigenvalue weighted by atomic mass is 9.88. The van der Waals surface area contributed by atoms with Crippen LogP contribution >= 0.6 is 11.3 Å². The van der Waals surface area contributed by atoms with Gasteiger partial charge in [0.05, 0.1) is 11.2 Å². The van der Waals surface area contributed by atoms with Crippen molar-refractivity contribution in [1.82, 2.24) is 10.3 Å². The Morgan fingerprint density at radius 2 is 2.16 bits per heavy atom. The van der Waals surface area contributed by atoms with E-state index in [9.17, 15) is 0 Å². The van der Waals surface area contributed by atoms with Gasteiger partial charge in [-0.1, -0.05) is 20.3 Å². The van der Waals surface area contributed by atoms with Gasteiger partial charge < -0.3 is 5.32 Å². The highest BCUT2D eigenvalue weighted by molar-refractivity contribution is 7.11. The topological polar surface area (TPSA) is 24.9 Å². The molecule has 0 aliphatic heterocycles. The Morgan fingerprint density at radius 1 is 1.32 bits per heavy atom. The number of fused-ring (bicyclic) bond motifs is 1. The molecule has 2 atom stereocenters. The van der Waals surface area contributed by atoms with Crippen LogP contribution in [-0.4, -0.2) is 11.5 Å². The Balaban J connectivity index is 1.92. The molecular weight excluding hydrogens is 252 g/mol. The summed E-state index contributed by atoms with van der Waals surface area (Å²) >= 11 is 2.01. The number of hydrogen-bond acceptors (Lipinski definition) is 3. The van der Waals surface area contributed by atoms with Gasteiger partial charge in [0.15, 0.2) is 0 Å². The molecule has 2 aliphatic carbocycles. The van der Waals surface area contributed by atoms with Gasteiger partial charge in [-0.05, 0) is 57.4 Å². The molecule has 3 heteroatoms. The van der Waals surface area contributed by atoms with Crippen LogP contribution in [0.5, 0.6) is 0 Å². The summed E-state index contributed by atoms with van der Waals surface area (Å²) in [6, 6.07) is 0. The van der Waals surface area contributed by atoms with Crippen LogP contribution in [0.25, 0.3) is 0 Å². The van der Waals surface area contributed by atoms with Crippen molar-refractivity contribution in [2.75, 3.05) is 6.54 Å². The Bertz CT molecular complexity index is 416. The normalized spacial score (nSPS) is 30.5. The average molecular weight is 278 g/mol. The van der Waals surface area contributed by atoms with Crippen molar-refractivity contribution in [3.63, 3.8) is 0 Å². The van der Waals surface area contributed by atoms with E-state index < -0.39 is 0 Å². The molecule has 1 heterocycles. The van der Waals surface area contributed by atoms with E-state index in [1.165, 1.54) is 62.1 Å². The molecule has 2 unspecified atom stereocenters. The van der Waals surface area contributed by atoms with E-state index >= 15 is 0 Å². The van der Waals surface area contributed by atoms with Gasteiger partial charge in [0.25, 0.3) is 0 Å². The van der Waals surface area contributed by atoms with Crippen LogP contribution in [0.15, 0.2) is 0 Å². The molecule has 0 spiro atoms. The second-order valence-corrected chi connectivity index (χ2v) is 7.37. The Morgan fingerprint density at radius 3 is 2.84 bits per heavy atom. The third-order valence-electron chi connectivity index (χ3n) is 4.97. The molecule has 1 aromatic rings. The highest BCUT2D eigenvalue weighted by Crippen LogP contribution is 2.46. The van der Waals surface area contributed by atoms with Crippen LogP contribution in [0.2, 0.25) is 0 Å². The molecule has 106 valence electrons. The quantitative estimate of drug-likeness (QED) is 0.899. The zero-order valence-corrected chi connectivity index (χ0v) is 13.1. The van der Waals surface area contributed by atoms with Crippen LogP contribution in [0.4, 0.5) is 0 Å². The lowest BCUT2D eigenvalue weighted by Crippen LogP contribution is -2.44. The average Bonchev–Trinajstić information content (AvgIpc) is 3.00. The lowest BCUT2D eigenvalue weighted by Gasteiger charge is -2.33. The van der Waals surface area contributed by atoms with Gasteiger partial charge in [-0.3, -0.25) is 0 Å². The van der Waals surface area contributed by atoms with Crippen molar-refractivity contribution < 1.29 is 0 Å². The summed E-state index contributed by atoms with van der Waals surface area (Å²) in [7, 11) is 0. The summed E-state index contributed by atoms with van der Waals surface area (Å²) in [4.78, 5) is 6.65. The first-order chi connectivity index (χ1) is 9.26. The van der Waals surface area contributed by atoms with Crippen LogP contribution in [0.3, 0.4) is 0 Å². The van der Waals surface area contributed by atoms with Gasteiger partial charge in [-0.2, -0.15) is 0 Å². The van der Waals surface area contributed by atoms with Crippen molar-refractivity contribution in [3.05, 3.63) is 15.6 Å². The van der Waals surface area contributed by atoms with Crippen LogP contribution in [0, 0.1) is 5.92 Å². The first-order valence-electron chi connectivity index (χ1n) is 8.00. The fraction of sp³-hybridized carbons (Fsp3) is 0.812. The second-order valence-electron chi connectivity index (χ2n) is 6.29. The lowest BCUT2D eigenvalue weighted by molar-refractivity contribution is 0.262. The predicted molar refractivity (Wildman–Crippen MR) is 81.7 cm³/mol. The van der Waals surface area contributed by atoms with Crippen molar-refractivity contribution in [2.45, 2.75) is 70.8 Å². The van der Waals surface area contributed by atoms with Gasteiger partial charge in [0.1, 0.15) is 5.01 Å². The maximum Gasteiger partial charge on any atom is 0.114 e. The molecule has 1 fully saturated rings. The van der Waals surface area contributed by atoms with Crippen LogP contribution in [-0.2, 0) is 18.4 Å². The summed E-state index contributed by atoms with van der Waals surface area (Å²) in [6.07, 6.45) is 10.4. The first-order valence-corrected chi connectivity index (χ1v) is 8.82. The van der Waals surface area contributed by atoms with Gasteiger partial charge in [0, 0.05) is 4.88 Å². The fourth-order valence-electron chi connectivity index (χ4n) is 3.73. The maximum atomic E-state index is 5.06. The third kappa shape index (κ3) is 2.36. The molecular formula is C16H26N2S. The molecule has 1 N–H and O–H groups in total. The summed E-state index contributed by atoms with van der Waals surface area (Å²) in [5.41, 5.74) is 1.61. The van der Waals surface area contributed by atoms with Crippen LogP contribution in [0.1, 0.15) is 68.0 Å². The number of thiazole rings is 1. The summed E-state index contributed by atoms with van der Waals surface area (Å²) < 4.78 is 0. The molecule has 0 saturated heterocycles. The molecule has 1 saturated carbocycles. The van der Waals surface area contributed by atoms with E-state index in [1.54, 1.807) is 4.88 Å². The Kier molecular flexibility index (Phi) is 3.95. The zero-order valence-electron chi connectivity index (χ0n) is 12.3. The van der Waals surface area contributed by atoms with Crippen molar-refractivity contribution >= 4 is 11.3 Å². The monoisotopic (exact) mass is 278 g/mol. The van der Waals surface area contributed by atoms with E-state index in [2.05, 4.69) is 19.2 Å². The minimum absolute atomic E-state index is 0.192. The molecule has 0 bridgehead atoms. The number of nitrogens with one attached hydrogen (secondary N) is 1. The smallest absolute Gasteiger partial charge is 0.114 e. The Hall–Kier alpha value is -0.410. The Labute approximate surface area is 121 Å². The van der Waals surface area contributed by atoms with E-state index in [1.807, 2.05) is 11.3 Å². The zero-order chi connectivity index (χ0) is 13.3.